The van der Waals surface area contributed by atoms with Crippen LogP contribution in [-0.2, 0) is 6.18 Å². The van der Waals surface area contributed by atoms with Crippen LogP contribution < -0.4 is 10.1 Å². The largest absolute Gasteiger partial charge is 0.496 e. The molecule has 0 bridgehead atoms. The van der Waals surface area contributed by atoms with Crippen molar-refractivity contribution in [3.8, 4) is 5.75 Å². The summed E-state index contributed by atoms with van der Waals surface area (Å²) < 4.78 is 83.5. The zero-order chi connectivity index (χ0) is 17.3. The van der Waals surface area contributed by atoms with E-state index in [-0.39, 0.29) is 18.7 Å². The molecule has 2 rings (SSSR count). The summed E-state index contributed by atoms with van der Waals surface area (Å²) in [6, 6.07) is 0.110. The quantitative estimate of drug-likeness (QED) is 0.854. The maximum Gasteiger partial charge on any atom is 0.416 e. The first-order valence-corrected chi connectivity index (χ1v) is 6.91. The molecule has 1 saturated heterocycles. The normalized spacial score (nSPS) is 18.7. The third kappa shape index (κ3) is 4.08. The van der Waals surface area contributed by atoms with Gasteiger partial charge in [-0.1, -0.05) is 6.07 Å². The maximum atomic E-state index is 13.5. The van der Waals surface area contributed by atoms with E-state index in [9.17, 15) is 26.3 Å². The molecular formula is C14H16F6N2O. The lowest BCUT2D eigenvalue weighted by Crippen LogP contribution is -2.49. The Bertz CT molecular complexity index is 537. The van der Waals surface area contributed by atoms with Gasteiger partial charge in [0.1, 0.15) is 11.8 Å². The van der Waals surface area contributed by atoms with Crippen molar-refractivity contribution in [2.75, 3.05) is 33.3 Å². The summed E-state index contributed by atoms with van der Waals surface area (Å²) in [4.78, 5) is 1.20. The van der Waals surface area contributed by atoms with Gasteiger partial charge in [-0.2, -0.15) is 26.3 Å². The van der Waals surface area contributed by atoms with E-state index in [1.54, 1.807) is 0 Å². The molecule has 9 heteroatoms. The number of methoxy groups -OCH3 is 1. The predicted octanol–water partition coefficient (Wildman–Crippen LogP) is 3.22. The van der Waals surface area contributed by atoms with Gasteiger partial charge in [-0.15, -0.1) is 0 Å². The third-order valence-electron chi connectivity index (χ3n) is 3.68. The molecule has 1 heterocycles. The summed E-state index contributed by atoms with van der Waals surface area (Å²) in [5.74, 6) is -0.416. The summed E-state index contributed by atoms with van der Waals surface area (Å²) >= 11 is 0. The average Bonchev–Trinajstić information content (AvgIpc) is 2.46. The van der Waals surface area contributed by atoms with Gasteiger partial charge in [0.05, 0.1) is 12.7 Å². The van der Waals surface area contributed by atoms with Crippen molar-refractivity contribution in [1.82, 2.24) is 10.2 Å². The van der Waals surface area contributed by atoms with Gasteiger partial charge in [-0.25, -0.2) is 0 Å². The van der Waals surface area contributed by atoms with Crippen molar-refractivity contribution < 1.29 is 31.1 Å². The smallest absolute Gasteiger partial charge is 0.416 e. The fourth-order valence-corrected chi connectivity index (χ4v) is 2.63. The molecule has 1 aromatic rings. The minimum Gasteiger partial charge on any atom is -0.496 e. The first-order valence-electron chi connectivity index (χ1n) is 6.91. The Labute approximate surface area is 129 Å². The molecule has 1 aliphatic heterocycles. The minimum absolute atomic E-state index is 0.147. The summed E-state index contributed by atoms with van der Waals surface area (Å²) in [7, 11) is 1.06. The molecule has 1 aliphatic rings. The molecule has 1 atom stereocenters. The highest BCUT2D eigenvalue weighted by molar-refractivity contribution is 5.41. The lowest BCUT2D eigenvalue weighted by Gasteiger charge is -2.36. The fraction of sp³-hybridized carbons (Fsp3) is 0.571. The van der Waals surface area contributed by atoms with Crippen LogP contribution in [-0.4, -0.2) is 44.4 Å². The molecule has 130 valence electrons. The fourth-order valence-electron chi connectivity index (χ4n) is 2.63. The Morgan fingerprint density at radius 2 is 1.70 bits per heavy atom. The lowest BCUT2D eigenvalue weighted by molar-refractivity contribution is -0.188. The second-order valence-corrected chi connectivity index (χ2v) is 5.18. The van der Waals surface area contributed by atoms with E-state index in [1.807, 2.05) is 0 Å². The van der Waals surface area contributed by atoms with Gasteiger partial charge in [0.2, 0.25) is 0 Å². The summed E-state index contributed by atoms with van der Waals surface area (Å²) in [5, 5.41) is 2.94. The van der Waals surface area contributed by atoms with Crippen LogP contribution in [0.1, 0.15) is 17.2 Å². The lowest BCUT2D eigenvalue weighted by atomic mass is 10.0. The highest BCUT2D eigenvalue weighted by Crippen LogP contribution is 2.43. The highest BCUT2D eigenvalue weighted by Gasteiger charge is 2.46. The van der Waals surface area contributed by atoms with Crippen molar-refractivity contribution in [1.29, 1.82) is 0 Å². The van der Waals surface area contributed by atoms with Crippen LogP contribution in [0.2, 0.25) is 0 Å². The summed E-state index contributed by atoms with van der Waals surface area (Å²) in [5.41, 5.74) is -1.35. The molecule has 1 aromatic carbocycles. The van der Waals surface area contributed by atoms with Crippen molar-refractivity contribution >= 4 is 0 Å². The zero-order valence-corrected chi connectivity index (χ0v) is 12.3. The maximum absolute atomic E-state index is 13.5. The van der Waals surface area contributed by atoms with Crippen LogP contribution in [0.25, 0.3) is 0 Å². The molecule has 1 fully saturated rings. The molecular weight excluding hydrogens is 326 g/mol. The van der Waals surface area contributed by atoms with Crippen LogP contribution >= 0.6 is 0 Å². The Morgan fingerprint density at radius 3 is 2.17 bits per heavy atom. The Hall–Kier alpha value is -1.48. The number of benzene rings is 1. The molecule has 23 heavy (non-hydrogen) atoms. The average molecular weight is 342 g/mol. The van der Waals surface area contributed by atoms with Crippen molar-refractivity contribution in [2.24, 2.45) is 0 Å². The van der Waals surface area contributed by atoms with Crippen LogP contribution in [0.4, 0.5) is 26.3 Å². The number of hydrogen-bond donors (Lipinski definition) is 1. The SMILES string of the molecule is COc1cc(C(F)(F)F)ccc1[C@@H](N1CCNCC1)C(F)(F)F. The predicted molar refractivity (Wildman–Crippen MR) is 71.2 cm³/mol. The molecule has 1 N–H and O–H groups in total. The standard InChI is InChI=1S/C14H16F6N2O/c1-23-11-8-9(13(15,16)17)2-3-10(11)12(14(18,19)20)22-6-4-21-5-7-22/h2-3,8,12,21H,4-7H2,1H3/t12-/m1/s1. The van der Waals surface area contributed by atoms with Crippen LogP contribution in [0.3, 0.4) is 0 Å². The highest BCUT2D eigenvalue weighted by atomic mass is 19.4. The number of halogens is 6. The van der Waals surface area contributed by atoms with Crippen LogP contribution in [0, 0.1) is 0 Å². The van der Waals surface area contributed by atoms with Crippen molar-refractivity contribution in [3.63, 3.8) is 0 Å². The molecule has 3 nitrogen and oxygen atoms in total. The summed E-state index contributed by atoms with van der Waals surface area (Å²) in [6.45, 7) is 1.06. The number of nitrogens with one attached hydrogen (secondary N) is 1. The van der Waals surface area contributed by atoms with Gasteiger partial charge in [0.15, 0.2) is 0 Å². The van der Waals surface area contributed by atoms with E-state index in [1.165, 1.54) is 4.90 Å². The Kier molecular flexibility index (Phi) is 5.10. The molecule has 0 aromatic heterocycles. The van der Waals surface area contributed by atoms with Crippen LogP contribution in [0.15, 0.2) is 18.2 Å². The van der Waals surface area contributed by atoms with E-state index < -0.39 is 29.7 Å². The van der Waals surface area contributed by atoms with E-state index in [0.717, 1.165) is 13.2 Å². The number of alkyl halides is 6. The van der Waals surface area contributed by atoms with E-state index in [2.05, 4.69) is 5.32 Å². The van der Waals surface area contributed by atoms with Gasteiger partial charge in [-0.05, 0) is 12.1 Å². The number of piperazine rings is 1. The number of rotatable bonds is 3. The second-order valence-electron chi connectivity index (χ2n) is 5.18. The Morgan fingerprint density at radius 1 is 1.09 bits per heavy atom. The number of hydrogen-bond acceptors (Lipinski definition) is 3. The minimum atomic E-state index is -4.64. The molecule has 0 aliphatic carbocycles. The van der Waals surface area contributed by atoms with Crippen LogP contribution in [0.5, 0.6) is 5.75 Å². The van der Waals surface area contributed by atoms with Crippen molar-refractivity contribution in [2.45, 2.75) is 18.4 Å². The van der Waals surface area contributed by atoms with Gasteiger partial charge in [0, 0.05) is 31.7 Å². The Balaban J connectivity index is 2.45. The number of ether oxygens (including phenoxy) is 1. The molecule has 0 unspecified atom stereocenters. The monoisotopic (exact) mass is 342 g/mol. The third-order valence-corrected chi connectivity index (χ3v) is 3.68. The van der Waals surface area contributed by atoms with Gasteiger partial charge >= 0.3 is 12.4 Å². The van der Waals surface area contributed by atoms with Gasteiger partial charge < -0.3 is 10.1 Å². The van der Waals surface area contributed by atoms with Gasteiger partial charge in [0.25, 0.3) is 0 Å². The topological polar surface area (TPSA) is 24.5 Å². The molecule has 0 saturated carbocycles. The van der Waals surface area contributed by atoms with Gasteiger partial charge in [-0.3, -0.25) is 4.90 Å². The van der Waals surface area contributed by atoms with Crippen molar-refractivity contribution in [3.05, 3.63) is 29.3 Å². The molecule has 0 spiro atoms. The first kappa shape index (κ1) is 17.9. The van der Waals surface area contributed by atoms with E-state index in [0.29, 0.717) is 25.2 Å². The molecule has 0 amide bonds. The number of nitrogens with zero attached hydrogens (tertiary/aromatic N) is 1. The van der Waals surface area contributed by atoms with E-state index in [4.69, 9.17) is 4.74 Å². The zero-order valence-electron chi connectivity index (χ0n) is 12.3. The first-order chi connectivity index (χ1) is 10.6. The second kappa shape index (κ2) is 6.56. The molecule has 0 radical (unpaired) electrons. The van der Waals surface area contributed by atoms with E-state index >= 15 is 0 Å². The summed E-state index contributed by atoms with van der Waals surface area (Å²) in [6.07, 6.45) is -9.26.